The second-order valence-electron chi connectivity index (χ2n) is 5.97. The Kier molecular flexibility index (Phi) is 4.69. The first-order valence-corrected chi connectivity index (χ1v) is 9.58. The van der Waals surface area contributed by atoms with Crippen LogP contribution in [0.1, 0.15) is 43.5 Å². The van der Waals surface area contributed by atoms with Crippen LogP contribution >= 0.6 is 0 Å². The van der Waals surface area contributed by atoms with Crippen molar-refractivity contribution in [3.8, 4) is 5.69 Å². The molecule has 0 spiro atoms. The number of aromatic nitrogens is 2. The molecule has 8 heteroatoms. The van der Waals surface area contributed by atoms with Gasteiger partial charge in [-0.25, -0.2) is 26.6 Å². The van der Waals surface area contributed by atoms with E-state index in [4.69, 9.17) is 0 Å². The van der Waals surface area contributed by atoms with E-state index in [2.05, 4.69) is 9.82 Å². The Labute approximate surface area is 139 Å². The first-order chi connectivity index (χ1) is 11.4. The molecule has 1 unspecified atom stereocenters. The monoisotopic (exact) mass is 355 g/mol. The van der Waals surface area contributed by atoms with Gasteiger partial charge in [-0.2, -0.15) is 5.10 Å². The Bertz CT molecular complexity index is 829. The fourth-order valence-corrected chi connectivity index (χ4v) is 4.44. The van der Waals surface area contributed by atoms with Crippen LogP contribution in [0.4, 0.5) is 8.78 Å². The predicted molar refractivity (Wildman–Crippen MR) is 86.4 cm³/mol. The maximum Gasteiger partial charge on any atom is 0.212 e. The molecule has 130 valence electrons. The molecule has 24 heavy (non-hydrogen) atoms. The van der Waals surface area contributed by atoms with Crippen molar-refractivity contribution in [3.05, 3.63) is 47.3 Å². The summed E-state index contributed by atoms with van der Waals surface area (Å²) < 4.78 is 55.2. The SMILES string of the molecule is CCCS(=O)(=O)NC1CCCc2c1cnn2-c1cc(F)cc(F)c1. The van der Waals surface area contributed by atoms with Gasteiger partial charge >= 0.3 is 0 Å². The molecule has 5 nitrogen and oxygen atoms in total. The van der Waals surface area contributed by atoms with Crippen LogP contribution in [0.5, 0.6) is 0 Å². The maximum absolute atomic E-state index is 13.5. The summed E-state index contributed by atoms with van der Waals surface area (Å²) >= 11 is 0. The lowest BCUT2D eigenvalue weighted by Crippen LogP contribution is -2.32. The number of fused-ring (bicyclic) bond motifs is 1. The van der Waals surface area contributed by atoms with Crippen molar-refractivity contribution in [2.45, 2.75) is 38.6 Å². The summed E-state index contributed by atoms with van der Waals surface area (Å²) in [5.74, 6) is -1.28. The lowest BCUT2D eigenvalue weighted by Gasteiger charge is -2.24. The smallest absolute Gasteiger partial charge is 0.212 e. The predicted octanol–water partition coefficient (Wildman–Crippen LogP) is 2.86. The van der Waals surface area contributed by atoms with Crippen LogP contribution in [-0.4, -0.2) is 24.0 Å². The number of rotatable bonds is 5. The van der Waals surface area contributed by atoms with Gasteiger partial charge < -0.3 is 0 Å². The van der Waals surface area contributed by atoms with E-state index >= 15 is 0 Å². The van der Waals surface area contributed by atoms with Gasteiger partial charge in [0, 0.05) is 17.3 Å². The number of sulfonamides is 1. The highest BCUT2D eigenvalue weighted by atomic mass is 32.2. The normalized spacial score (nSPS) is 17.7. The van der Waals surface area contributed by atoms with E-state index in [0.29, 0.717) is 24.9 Å². The van der Waals surface area contributed by atoms with E-state index in [1.54, 1.807) is 6.20 Å². The largest absolute Gasteiger partial charge is 0.237 e. The molecule has 1 N–H and O–H groups in total. The molecular formula is C16H19F2N3O2S. The number of nitrogens with one attached hydrogen (secondary N) is 1. The molecule has 1 aromatic carbocycles. The highest BCUT2D eigenvalue weighted by molar-refractivity contribution is 7.89. The summed E-state index contributed by atoms with van der Waals surface area (Å²) in [6, 6.07) is 2.88. The standard InChI is InChI=1S/C16H19F2N3O2S/c1-2-6-24(22,23)20-15-4-3-5-16-14(15)10-19-21(16)13-8-11(17)7-12(18)9-13/h7-10,15,20H,2-6H2,1H3. The Morgan fingerprint density at radius 1 is 1.29 bits per heavy atom. The molecule has 0 amide bonds. The van der Waals surface area contributed by atoms with E-state index in [1.165, 1.54) is 16.8 Å². The number of benzene rings is 1. The third-order valence-electron chi connectivity index (χ3n) is 4.07. The van der Waals surface area contributed by atoms with Crippen LogP contribution in [0.15, 0.2) is 24.4 Å². The third kappa shape index (κ3) is 3.49. The highest BCUT2D eigenvalue weighted by Crippen LogP contribution is 2.31. The van der Waals surface area contributed by atoms with Crippen LogP contribution < -0.4 is 4.72 Å². The summed E-state index contributed by atoms with van der Waals surface area (Å²) in [5, 5.41) is 4.23. The zero-order chi connectivity index (χ0) is 17.3. The Morgan fingerprint density at radius 3 is 2.67 bits per heavy atom. The van der Waals surface area contributed by atoms with Gasteiger partial charge in [0.15, 0.2) is 0 Å². The molecule has 0 aliphatic heterocycles. The number of nitrogens with zero attached hydrogens (tertiary/aromatic N) is 2. The van der Waals surface area contributed by atoms with Crippen molar-refractivity contribution in [2.75, 3.05) is 5.75 Å². The minimum absolute atomic E-state index is 0.0715. The molecule has 0 saturated heterocycles. The van der Waals surface area contributed by atoms with Crippen LogP contribution in [0.25, 0.3) is 5.69 Å². The molecule has 1 aliphatic carbocycles. The highest BCUT2D eigenvalue weighted by Gasteiger charge is 2.28. The molecule has 3 rings (SSSR count). The van der Waals surface area contributed by atoms with Gasteiger partial charge in [-0.05, 0) is 37.8 Å². The third-order valence-corrected chi connectivity index (χ3v) is 5.66. The van der Waals surface area contributed by atoms with Crippen molar-refractivity contribution >= 4 is 10.0 Å². The fourth-order valence-electron chi connectivity index (χ4n) is 3.11. The van der Waals surface area contributed by atoms with Crippen molar-refractivity contribution in [1.29, 1.82) is 0 Å². The maximum atomic E-state index is 13.5. The second-order valence-corrected chi connectivity index (χ2v) is 7.84. The molecule has 0 fully saturated rings. The molecule has 0 saturated carbocycles. The summed E-state index contributed by atoms with van der Waals surface area (Å²) in [6.07, 6.45) is 4.25. The van der Waals surface area contributed by atoms with Crippen LogP contribution in [0.2, 0.25) is 0 Å². The lowest BCUT2D eigenvalue weighted by atomic mass is 9.94. The van der Waals surface area contributed by atoms with E-state index < -0.39 is 21.7 Å². The van der Waals surface area contributed by atoms with Crippen molar-refractivity contribution in [2.24, 2.45) is 0 Å². The molecule has 1 heterocycles. The lowest BCUT2D eigenvalue weighted by molar-refractivity contribution is 0.501. The first kappa shape index (κ1) is 17.0. The fraction of sp³-hybridized carbons (Fsp3) is 0.438. The van der Waals surface area contributed by atoms with Crippen molar-refractivity contribution in [3.63, 3.8) is 0 Å². The Hall–Kier alpha value is -1.80. The van der Waals surface area contributed by atoms with E-state index in [1.807, 2.05) is 6.92 Å². The molecule has 1 aromatic heterocycles. The summed E-state index contributed by atoms with van der Waals surface area (Å²) in [7, 11) is -3.35. The summed E-state index contributed by atoms with van der Waals surface area (Å²) in [4.78, 5) is 0. The van der Waals surface area contributed by atoms with Crippen molar-refractivity contribution < 1.29 is 17.2 Å². The van der Waals surface area contributed by atoms with Crippen LogP contribution in [0.3, 0.4) is 0 Å². The Morgan fingerprint density at radius 2 is 2.00 bits per heavy atom. The van der Waals surface area contributed by atoms with E-state index in [-0.39, 0.29) is 11.8 Å². The average Bonchev–Trinajstić information content (AvgIpc) is 2.90. The number of hydrogen-bond acceptors (Lipinski definition) is 3. The minimum atomic E-state index is -3.35. The van der Waals surface area contributed by atoms with Gasteiger partial charge in [0.1, 0.15) is 11.6 Å². The average molecular weight is 355 g/mol. The van der Waals surface area contributed by atoms with E-state index in [9.17, 15) is 17.2 Å². The molecule has 2 aromatic rings. The van der Waals surface area contributed by atoms with Crippen LogP contribution in [0, 0.1) is 11.6 Å². The molecule has 1 atom stereocenters. The number of hydrogen-bond donors (Lipinski definition) is 1. The summed E-state index contributed by atoms with van der Waals surface area (Å²) in [6.45, 7) is 1.81. The van der Waals surface area contributed by atoms with Gasteiger partial charge in [0.05, 0.1) is 23.7 Å². The van der Waals surface area contributed by atoms with E-state index in [0.717, 1.165) is 23.7 Å². The zero-order valence-electron chi connectivity index (χ0n) is 13.3. The molecule has 0 radical (unpaired) electrons. The number of halogens is 2. The Balaban J connectivity index is 1.95. The zero-order valence-corrected chi connectivity index (χ0v) is 14.1. The summed E-state index contributed by atoms with van der Waals surface area (Å²) in [5.41, 5.74) is 1.85. The van der Waals surface area contributed by atoms with Gasteiger partial charge in [0.25, 0.3) is 0 Å². The quantitative estimate of drug-likeness (QED) is 0.897. The van der Waals surface area contributed by atoms with Gasteiger partial charge in [0.2, 0.25) is 10.0 Å². The molecule has 1 aliphatic rings. The van der Waals surface area contributed by atoms with Crippen LogP contribution in [-0.2, 0) is 16.4 Å². The van der Waals surface area contributed by atoms with Gasteiger partial charge in [-0.3, -0.25) is 0 Å². The topological polar surface area (TPSA) is 64.0 Å². The van der Waals surface area contributed by atoms with Crippen molar-refractivity contribution in [1.82, 2.24) is 14.5 Å². The van der Waals surface area contributed by atoms with Gasteiger partial charge in [-0.15, -0.1) is 0 Å². The minimum Gasteiger partial charge on any atom is -0.237 e. The first-order valence-electron chi connectivity index (χ1n) is 7.93. The van der Waals surface area contributed by atoms with Gasteiger partial charge in [-0.1, -0.05) is 6.92 Å². The molecular weight excluding hydrogens is 336 g/mol. The molecule has 0 bridgehead atoms. The second kappa shape index (κ2) is 6.60.